The molecule has 0 spiro atoms. The molecule has 0 radical (unpaired) electrons. The molecule has 6 nitrogen and oxygen atoms in total. The summed E-state index contributed by atoms with van der Waals surface area (Å²) in [6.07, 6.45) is 0.0590. The van der Waals surface area contributed by atoms with Crippen molar-refractivity contribution in [2.75, 3.05) is 13.1 Å². The summed E-state index contributed by atoms with van der Waals surface area (Å²) in [5.41, 5.74) is 2.38. The lowest BCUT2D eigenvalue weighted by Crippen LogP contribution is -2.53. The average Bonchev–Trinajstić information content (AvgIpc) is 2.94. The van der Waals surface area contributed by atoms with Crippen LogP contribution < -0.4 is 0 Å². The molecule has 1 aliphatic rings. The molecule has 1 amide bonds. The Morgan fingerprint density at radius 3 is 2.74 bits per heavy atom. The zero-order chi connectivity index (χ0) is 16.4. The highest BCUT2D eigenvalue weighted by Gasteiger charge is 2.29. The van der Waals surface area contributed by atoms with Gasteiger partial charge in [-0.3, -0.25) is 4.79 Å². The van der Waals surface area contributed by atoms with E-state index >= 15 is 0 Å². The van der Waals surface area contributed by atoms with E-state index in [2.05, 4.69) is 48.3 Å². The standard InChI is InChI=1S/C17H21N3O3/c1-11-4-6-14(7-5-11)12(2)17-18-16(23-19-17)10-22-15-8-20(9-15)13(3)21/h4-7,12,15H,8-10H2,1-3H3. The molecule has 3 rings (SSSR count). The van der Waals surface area contributed by atoms with Crippen LogP contribution >= 0.6 is 0 Å². The van der Waals surface area contributed by atoms with Crippen molar-refractivity contribution in [1.29, 1.82) is 0 Å². The Kier molecular flexibility index (Phi) is 4.43. The lowest BCUT2D eigenvalue weighted by Gasteiger charge is -2.37. The molecule has 0 aliphatic carbocycles. The first-order valence-corrected chi connectivity index (χ1v) is 7.79. The van der Waals surface area contributed by atoms with Crippen molar-refractivity contribution in [3.8, 4) is 0 Å². The van der Waals surface area contributed by atoms with Gasteiger partial charge in [-0.25, -0.2) is 0 Å². The molecule has 6 heteroatoms. The summed E-state index contributed by atoms with van der Waals surface area (Å²) >= 11 is 0. The molecule has 1 aromatic heterocycles. The molecule has 0 bridgehead atoms. The van der Waals surface area contributed by atoms with Crippen LogP contribution in [0.5, 0.6) is 0 Å². The Labute approximate surface area is 135 Å². The van der Waals surface area contributed by atoms with Gasteiger partial charge >= 0.3 is 0 Å². The second kappa shape index (κ2) is 6.50. The van der Waals surface area contributed by atoms with Crippen LogP contribution in [-0.2, 0) is 16.1 Å². The first-order chi connectivity index (χ1) is 11.0. The van der Waals surface area contributed by atoms with Gasteiger partial charge in [-0.1, -0.05) is 41.9 Å². The number of ether oxygens (including phenoxy) is 1. The number of rotatable bonds is 5. The van der Waals surface area contributed by atoms with E-state index in [0.29, 0.717) is 24.8 Å². The van der Waals surface area contributed by atoms with E-state index in [0.717, 1.165) is 5.56 Å². The van der Waals surface area contributed by atoms with Crippen LogP contribution in [0.15, 0.2) is 28.8 Å². The van der Waals surface area contributed by atoms with Gasteiger partial charge < -0.3 is 14.2 Å². The summed E-state index contributed by atoms with van der Waals surface area (Å²) < 4.78 is 10.9. The maximum absolute atomic E-state index is 11.1. The molecular formula is C17H21N3O3. The van der Waals surface area contributed by atoms with Gasteiger partial charge in [0.25, 0.3) is 5.89 Å². The van der Waals surface area contributed by atoms with E-state index in [4.69, 9.17) is 9.26 Å². The van der Waals surface area contributed by atoms with Crippen molar-refractivity contribution in [1.82, 2.24) is 15.0 Å². The van der Waals surface area contributed by atoms with Crippen LogP contribution in [0.3, 0.4) is 0 Å². The van der Waals surface area contributed by atoms with E-state index in [1.807, 2.05) is 0 Å². The van der Waals surface area contributed by atoms with Gasteiger partial charge in [0.1, 0.15) is 6.61 Å². The van der Waals surface area contributed by atoms with Gasteiger partial charge in [-0.15, -0.1) is 0 Å². The monoisotopic (exact) mass is 315 g/mol. The molecule has 2 aromatic rings. The number of nitrogens with zero attached hydrogens (tertiary/aromatic N) is 3. The zero-order valence-electron chi connectivity index (χ0n) is 13.7. The maximum atomic E-state index is 11.1. The summed E-state index contributed by atoms with van der Waals surface area (Å²) in [6, 6.07) is 8.31. The van der Waals surface area contributed by atoms with Crippen molar-refractivity contribution >= 4 is 5.91 Å². The van der Waals surface area contributed by atoms with Crippen LogP contribution in [0.2, 0.25) is 0 Å². The first kappa shape index (κ1) is 15.7. The molecule has 0 saturated carbocycles. The van der Waals surface area contributed by atoms with E-state index < -0.39 is 0 Å². The molecule has 1 aliphatic heterocycles. The SMILES string of the molecule is CC(=O)N1CC(OCc2nc(C(C)c3ccc(C)cc3)no2)C1. The summed E-state index contributed by atoms with van der Waals surface area (Å²) in [4.78, 5) is 17.3. The quantitative estimate of drug-likeness (QED) is 0.846. The lowest BCUT2D eigenvalue weighted by atomic mass is 10.00. The molecule has 1 fully saturated rings. The minimum atomic E-state index is 0.0590. The van der Waals surface area contributed by atoms with Crippen molar-refractivity contribution in [3.05, 3.63) is 47.1 Å². The average molecular weight is 315 g/mol. The van der Waals surface area contributed by atoms with Gasteiger partial charge in [0, 0.05) is 25.9 Å². The second-order valence-electron chi connectivity index (χ2n) is 6.04. The van der Waals surface area contributed by atoms with Crippen LogP contribution in [0.4, 0.5) is 0 Å². The Morgan fingerprint density at radius 1 is 1.39 bits per heavy atom. The van der Waals surface area contributed by atoms with Gasteiger partial charge in [0.15, 0.2) is 5.82 Å². The predicted octanol–water partition coefficient (Wildman–Crippen LogP) is 2.28. The summed E-state index contributed by atoms with van der Waals surface area (Å²) in [7, 11) is 0. The number of carbonyl (C=O) groups is 1. The van der Waals surface area contributed by atoms with Crippen molar-refractivity contribution in [2.45, 2.75) is 39.4 Å². The number of hydrogen-bond donors (Lipinski definition) is 0. The Bertz CT molecular complexity index is 675. The highest BCUT2D eigenvalue weighted by molar-refractivity contribution is 5.74. The van der Waals surface area contributed by atoms with E-state index in [9.17, 15) is 4.79 Å². The molecule has 23 heavy (non-hydrogen) atoms. The molecule has 1 aromatic carbocycles. The molecule has 2 heterocycles. The number of hydrogen-bond acceptors (Lipinski definition) is 5. The molecule has 1 saturated heterocycles. The van der Waals surface area contributed by atoms with Crippen molar-refractivity contribution in [3.63, 3.8) is 0 Å². The fraction of sp³-hybridized carbons (Fsp3) is 0.471. The zero-order valence-corrected chi connectivity index (χ0v) is 13.7. The van der Waals surface area contributed by atoms with Crippen LogP contribution in [0, 0.1) is 6.92 Å². The number of carbonyl (C=O) groups excluding carboxylic acids is 1. The van der Waals surface area contributed by atoms with Crippen molar-refractivity contribution in [2.24, 2.45) is 0 Å². The summed E-state index contributed by atoms with van der Waals surface area (Å²) in [5, 5.41) is 4.05. The highest BCUT2D eigenvalue weighted by Crippen LogP contribution is 2.22. The van der Waals surface area contributed by atoms with Gasteiger partial charge in [0.05, 0.1) is 6.10 Å². The molecular weight excluding hydrogens is 294 g/mol. The van der Waals surface area contributed by atoms with E-state index in [1.165, 1.54) is 5.56 Å². The highest BCUT2D eigenvalue weighted by atomic mass is 16.5. The van der Waals surface area contributed by atoms with Crippen LogP contribution in [-0.4, -0.2) is 40.1 Å². The summed E-state index contributed by atoms with van der Waals surface area (Å²) in [6.45, 7) is 7.23. The Hall–Kier alpha value is -2.21. The molecule has 1 atom stereocenters. The molecule has 1 unspecified atom stereocenters. The third-order valence-corrected chi connectivity index (χ3v) is 4.18. The van der Waals surface area contributed by atoms with E-state index in [-0.39, 0.29) is 24.5 Å². The smallest absolute Gasteiger partial charge is 0.252 e. The number of aromatic nitrogens is 2. The Balaban J connectivity index is 1.54. The predicted molar refractivity (Wildman–Crippen MR) is 83.8 cm³/mol. The molecule has 122 valence electrons. The summed E-state index contributed by atoms with van der Waals surface area (Å²) in [5.74, 6) is 1.29. The fourth-order valence-electron chi connectivity index (χ4n) is 2.50. The minimum Gasteiger partial charge on any atom is -0.365 e. The van der Waals surface area contributed by atoms with Crippen LogP contribution in [0.25, 0.3) is 0 Å². The third-order valence-electron chi connectivity index (χ3n) is 4.18. The van der Waals surface area contributed by atoms with Gasteiger partial charge in [-0.2, -0.15) is 4.98 Å². The van der Waals surface area contributed by atoms with Gasteiger partial charge in [0.2, 0.25) is 5.91 Å². The largest absolute Gasteiger partial charge is 0.365 e. The van der Waals surface area contributed by atoms with E-state index in [1.54, 1.807) is 11.8 Å². The normalized spacial score (nSPS) is 16.2. The molecule has 0 N–H and O–H groups in total. The lowest BCUT2D eigenvalue weighted by molar-refractivity contribution is -0.144. The topological polar surface area (TPSA) is 68.5 Å². The first-order valence-electron chi connectivity index (χ1n) is 7.79. The number of likely N-dealkylation sites (tertiary alicyclic amines) is 1. The number of aryl methyl sites for hydroxylation is 1. The van der Waals surface area contributed by atoms with Crippen molar-refractivity contribution < 1.29 is 14.1 Å². The fourth-order valence-corrected chi connectivity index (χ4v) is 2.50. The second-order valence-corrected chi connectivity index (χ2v) is 6.04. The Morgan fingerprint density at radius 2 is 2.09 bits per heavy atom. The number of benzene rings is 1. The third kappa shape index (κ3) is 3.59. The number of amides is 1. The maximum Gasteiger partial charge on any atom is 0.252 e. The minimum absolute atomic E-state index is 0.0590. The van der Waals surface area contributed by atoms with Gasteiger partial charge in [-0.05, 0) is 12.5 Å². The van der Waals surface area contributed by atoms with Crippen LogP contribution in [0.1, 0.15) is 42.6 Å².